The molecule has 0 atom stereocenters. The molecule has 0 radical (unpaired) electrons. The zero-order valence-electron chi connectivity index (χ0n) is 12.4. The van der Waals surface area contributed by atoms with Crippen molar-refractivity contribution in [3.63, 3.8) is 0 Å². The van der Waals surface area contributed by atoms with Gasteiger partial charge in [-0.25, -0.2) is 14.3 Å². The summed E-state index contributed by atoms with van der Waals surface area (Å²) >= 11 is 0. The van der Waals surface area contributed by atoms with Gasteiger partial charge in [-0.3, -0.25) is 0 Å². The first-order valence-electron chi connectivity index (χ1n) is 7.14. The zero-order valence-corrected chi connectivity index (χ0v) is 12.4. The lowest BCUT2D eigenvalue weighted by atomic mass is 10.1. The highest BCUT2D eigenvalue weighted by atomic mass is 16.5. The Morgan fingerprint density at radius 1 is 1.22 bits per heavy atom. The predicted octanol–water partition coefficient (Wildman–Crippen LogP) is 1.80. The van der Waals surface area contributed by atoms with Crippen LogP contribution in [-0.4, -0.2) is 17.1 Å². The molecule has 0 bridgehead atoms. The number of ether oxygens (including phenoxy) is 1. The molecule has 0 aliphatic heterocycles. The maximum absolute atomic E-state index is 12.8. The molecule has 23 heavy (non-hydrogen) atoms. The van der Waals surface area contributed by atoms with Gasteiger partial charge in [0.1, 0.15) is 0 Å². The van der Waals surface area contributed by atoms with Crippen molar-refractivity contribution in [2.45, 2.75) is 6.92 Å². The SMILES string of the molecule is CCOC(=O)c1cc2ccccc2c(=O)n1-c1cccc[n+]1[O-]. The van der Waals surface area contributed by atoms with E-state index in [4.69, 9.17) is 4.74 Å². The molecule has 3 rings (SSSR count). The van der Waals surface area contributed by atoms with Crippen molar-refractivity contribution in [1.82, 2.24) is 4.57 Å². The molecule has 0 saturated carbocycles. The Hall–Kier alpha value is -3.15. The van der Waals surface area contributed by atoms with Gasteiger partial charge in [-0.2, -0.15) is 0 Å². The normalized spacial score (nSPS) is 10.7. The fraction of sp³-hybridized carbons (Fsp3) is 0.118. The summed E-state index contributed by atoms with van der Waals surface area (Å²) in [6.07, 6.45) is 1.27. The topological polar surface area (TPSA) is 75.2 Å². The quantitative estimate of drug-likeness (QED) is 0.420. The lowest BCUT2D eigenvalue weighted by Gasteiger charge is -2.11. The number of rotatable bonds is 3. The number of aromatic nitrogens is 2. The second-order valence-electron chi connectivity index (χ2n) is 4.86. The number of carbonyl (C=O) groups is 1. The van der Waals surface area contributed by atoms with E-state index in [9.17, 15) is 14.8 Å². The largest absolute Gasteiger partial charge is 0.711 e. The van der Waals surface area contributed by atoms with Crippen LogP contribution in [0.15, 0.2) is 59.5 Å². The monoisotopic (exact) mass is 310 g/mol. The fourth-order valence-electron chi connectivity index (χ4n) is 2.43. The number of esters is 1. The van der Waals surface area contributed by atoms with E-state index in [2.05, 4.69) is 0 Å². The third-order valence-corrected chi connectivity index (χ3v) is 3.44. The smallest absolute Gasteiger partial charge is 0.379 e. The van der Waals surface area contributed by atoms with E-state index in [0.717, 1.165) is 4.57 Å². The molecule has 1 aromatic carbocycles. The van der Waals surface area contributed by atoms with E-state index < -0.39 is 11.5 Å². The fourth-order valence-corrected chi connectivity index (χ4v) is 2.43. The highest BCUT2D eigenvalue weighted by molar-refractivity contribution is 5.94. The summed E-state index contributed by atoms with van der Waals surface area (Å²) in [6.45, 7) is 1.85. The van der Waals surface area contributed by atoms with Gasteiger partial charge in [0.2, 0.25) is 5.69 Å². The molecule has 116 valence electrons. The molecule has 0 saturated heterocycles. The minimum atomic E-state index is -0.654. The molecule has 0 aliphatic carbocycles. The molecular weight excluding hydrogens is 296 g/mol. The average molecular weight is 310 g/mol. The van der Waals surface area contributed by atoms with Crippen molar-refractivity contribution in [1.29, 1.82) is 0 Å². The Balaban J connectivity index is 2.40. The summed E-state index contributed by atoms with van der Waals surface area (Å²) in [5.74, 6) is -0.606. The van der Waals surface area contributed by atoms with E-state index in [0.29, 0.717) is 15.5 Å². The first kappa shape index (κ1) is 14.8. The summed E-state index contributed by atoms with van der Waals surface area (Å²) in [4.78, 5) is 25.1. The van der Waals surface area contributed by atoms with E-state index in [-0.39, 0.29) is 18.1 Å². The van der Waals surface area contributed by atoms with Crippen LogP contribution in [0.2, 0.25) is 0 Å². The third kappa shape index (κ3) is 2.55. The van der Waals surface area contributed by atoms with Crippen LogP contribution in [-0.2, 0) is 4.74 Å². The van der Waals surface area contributed by atoms with Gasteiger partial charge in [0.15, 0.2) is 0 Å². The summed E-state index contributed by atoms with van der Waals surface area (Å²) in [6, 6.07) is 13.1. The van der Waals surface area contributed by atoms with E-state index in [1.54, 1.807) is 49.4 Å². The van der Waals surface area contributed by atoms with Crippen LogP contribution in [0.4, 0.5) is 0 Å². The number of hydrogen-bond donors (Lipinski definition) is 0. The number of fused-ring (bicyclic) bond motifs is 1. The lowest BCUT2D eigenvalue weighted by Crippen LogP contribution is -2.38. The Bertz CT molecular complexity index is 947. The number of nitrogens with zero attached hydrogens (tertiary/aromatic N) is 2. The Morgan fingerprint density at radius 2 is 1.96 bits per heavy atom. The Morgan fingerprint density at radius 3 is 2.70 bits per heavy atom. The molecule has 0 unspecified atom stereocenters. The van der Waals surface area contributed by atoms with Crippen LogP contribution in [0.3, 0.4) is 0 Å². The third-order valence-electron chi connectivity index (χ3n) is 3.44. The van der Waals surface area contributed by atoms with Crippen LogP contribution in [0.25, 0.3) is 16.6 Å². The number of pyridine rings is 2. The highest BCUT2D eigenvalue weighted by Gasteiger charge is 2.25. The molecule has 6 nitrogen and oxygen atoms in total. The van der Waals surface area contributed by atoms with Crippen molar-refractivity contribution in [2.75, 3.05) is 6.61 Å². The number of hydrogen-bond acceptors (Lipinski definition) is 4. The molecule has 0 amide bonds. The van der Waals surface area contributed by atoms with Crippen molar-refractivity contribution in [3.8, 4) is 5.82 Å². The average Bonchev–Trinajstić information content (AvgIpc) is 2.56. The van der Waals surface area contributed by atoms with Crippen LogP contribution >= 0.6 is 0 Å². The molecule has 2 heterocycles. The summed E-state index contributed by atoms with van der Waals surface area (Å²) in [5.41, 5.74) is -0.423. The standard InChI is InChI=1S/C17H14N2O4/c1-2-23-17(21)14-11-12-7-3-4-8-13(12)16(20)19(14)15-9-5-6-10-18(15)22/h3-11H,2H2,1H3. The van der Waals surface area contributed by atoms with Crippen molar-refractivity contribution in [3.05, 3.63) is 76.0 Å². The zero-order chi connectivity index (χ0) is 16.4. The second kappa shape index (κ2) is 5.92. The van der Waals surface area contributed by atoms with Gasteiger partial charge < -0.3 is 9.94 Å². The number of benzene rings is 1. The van der Waals surface area contributed by atoms with Gasteiger partial charge in [0.25, 0.3) is 5.82 Å². The van der Waals surface area contributed by atoms with Crippen LogP contribution in [0, 0.1) is 5.21 Å². The summed E-state index contributed by atoms with van der Waals surface area (Å²) in [5, 5.41) is 13.1. The maximum Gasteiger partial charge on any atom is 0.379 e. The predicted molar refractivity (Wildman–Crippen MR) is 84.5 cm³/mol. The summed E-state index contributed by atoms with van der Waals surface area (Å²) < 4.78 is 6.66. The van der Waals surface area contributed by atoms with Crippen molar-refractivity contribution >= 4 is 16.7 Å². The van der Waals surface area contributed by atoms with Gasteiger partial charge in [-0.15, -0.1) is 4.57 Å². The molecule has 3 aromatic rings. The van der Waals surface area contributed by atoms with Crippen LogP contribution in [0.1, 0.15) is 17.4 Å². The molecule has 0 fully saturated rings. The van der Waals surface area contributed by atoms with Crippen LogP contribution < -0.4 is 10.3 Å². The highest BCUT2D eigenvalue weighted by Crippen LogP contribution is 2.15. The molecule has 0 N–H and O–H groups in total. The van der Waals surface area contributed by atoms with Gasteiger partial charge in [-0.05, 0) is 24.4 Å². The molecule has 6 heteroatoms. The molecule has 2 aromatic heterocycles. The van der Waals surface area contributed by atoms with E-state index >= 15 is 0 Å². The van der Waals surface area contributed by atoms with E-state index in [1.807, 2.05) is 0 Å². The van der Waals surface area contributed by atoms with Gasteiger partial charge >= 0.3 is 11.5 Å². The van der Waals surface area contributed by atoms with Gasteiger partial charge in [0, 0.05) is 12.1 Å². The van der Waals surface area contributed by atoms with Crippen molar-refractivity contribution in [2.24, 2.45) is 0 Å². The summed E-state index contributed by atoms with van der Waals surface area (Å²) in [7, 11) is 0. The Kier molecular flexibility index (Phi) is 3.80. The minimum Gasteiger partial charge on any atom is -0.711 e. The first-order valence-corrected chi connectivity index (χ1v) is 7.14. The number of carbonyl (C=O) groups excluding carboxylic acids is 1. The maximum atomic E-state index is 12.8. The van der Waals surface area contributed by atoms with Gasteiger partial charge in [-0.1, -0.05) is 24.3 Å². The van der Waals surface area contributed by atoms with Crippen molar-refractivity contribution < 1.29 is 14.3 Å². The van der Waals surface area contributed by atoms with Crippen LogP contribution in [0.5, 0.6) is 0 Å². The van der Waals surface area contributed by atoms with Gasteiger partial charge in [0.05, 0.1) is 18.2 Å². The first-order chi connectivity index (χ1) is 11.1. The molecular formula is C17H14N2O4. The minimum absolute atomic E-state index is 0.0198. The lowest BCUT2D eigenvalue weighted by molar-refractivity contribution is -0.599. The van der Waals surface area contributed by atoms with E-state index in [1.165, 1.54) is 12.3 Å². The Labute approximate surface area is 131 Å². The molecule has 0 aliphatic rings. The molecule has 0 spiro atoms. The second-order valence-corrected chi connectivity index (χ2v) is 4.86.